The largest absolute Gasteiger partial charge is 0.397 e. The number of aryl methyl sites for hydroxylation is 1. The highest BCUT2D eigenvalue weighted by Gasteiger charge is 2.01. The summed E-state index contributed by atoms with van der Waals surface area (Å²) >= 11 is 0. The van der Waals surface area contributed by atoms with Gasteiger partial charge in [-0.3, -0.25) is 9.36 Å². The van der Waals surface area contributed by atoms with E-state index in [4.69, 9.17) is 5.73 Å². The van der Waals surface area contributed by atoms with Crippen molar-refractivity contribution in [3.8, 4) is 5.82 Å². The van der Waals surface area contributed by atoms with Gasteiger partial charge in [0.1, 0.15) is 5.82 Å². The Morgan fingerprint density at radius 3 is 2.80 bits per heavy atom. The zero-order chi connectivity index (χ0) is 10.8. The quantitative estimate of drug-likeness (QED) is 0.752. The van der Waals surface area contributed by atoms with Gasteiger partial charge in [-0.2, -0.15) is 0 Å². The van der Waals surface area contributed by atoms with Crippen LogP contribution in [0.1, 0.15) is 5.56 Å². The molecule has 0 aliphatic carbocycles. The SMILES string of the molecule is Cc1cccn(-c2ccc(N)cn2)c1=O. The second kappa shape index (κ2) is 3.57. The summed E-state index contributed by atoms with van der Waals surface area (Å²) in [5, 5.41) is 0. The Labute approximate surface area is 87.0 Å². The molecule has 2 aromatic rings. The first kappa shape index (κ1) is 9.45. The fourth-order valence-electron chi connectivity index (χ4n) is 1.32. The molecule has 0 fully saturated rings. The zero-order valence-electron chi connectivity index (χ0n) is 8.34. The van der Waals surface area contributed by atoms with Crippen LogP contribution < -0.4 is 11.3 Å². The van der Waals surface area contributed by atoms with Crippen LogP contribution in [0.5, 0.6) is 0 Å². The molecule has 4 heteroatoms. The zero-order valence-corrected chi connectivity index (χ0v) is 8.34. The van der Waals surface area contributed by atoms with Crippen LogP contribution in [0.15, 0.2) is 41.5 Å². The Hall–Kier alpha value is -2.10. The molecule has 4 nitrogen and oxygen atoms in total. The Morgan fingerprint density at radius 2 is 2.13 bits per heavy atom. The molecule has 0 radical (unpaired) electrons. The molecule has 0 saturated heterocycles. The van der Waals surface area contributed by atoms with Crippen LogP contribution >= 0.6 is 0 Å². The van der Waals surface area contributed by atoms with Gasteiger partial charge in [0.15, 0.2) is 0 Å². The van der Waals surface area contributed by atoms with Gasteiger partial charge in [-0.05, 0) is 25.1 Å². The van der Waals surface area contributed by atoms with Gasteiger partial charge in [0.25, 0.3) is 5.56 Å². The molecule has 0 spiro atoms. The molecule has 0 amide bonds. The highest BCUT2D eigenvalue weighted by atomic mass is 16.1. The van der Waals surface area contributed by atoms with E-state index in [-0.39, 0.29) is 5.56 Å². The van der Waals surface area contributed by atoms with Gasteiger partial charge < -0.3 is 5.73 Å². The van der Waals surface area contributed by atoms with Crippen molar-refractivity contribution in [1.82, 2.24) is 9.55 Å². The highest BCUT2D eigenvalue weighted by Crippen LogP contribution is 2.04. The summed E-state index contributed by atoms with van der Waals surface area (Å²) in [5.41, 5.74) is 6.74. The summed E-state index contributed by atoms with van der Waals surface area (Å²) in [7, 11) is 0. The maximum absolute atomic E-state index is 11.7. The molecule has 0 aliphatic rings. The maximum Gasteiger partial charge on any atom is 0.259 e. The molecule has 0 aliphatic heterocycles. The van der Waals surface area contributed by atoms with Crippen LogP contribution in [-0.4, -0.2) is 9.55 Å². The molecule has 2 aromatic heterocycles. The smallest absolute Gasteiger partial charge is 0.259 e. The summed E-state index contributed by atoms with van der Waals surface area (Å²) in [6.07, 6.45) is 3.22. The second-order valence-corrected chi connectivity index (χ2v) is 3.32. The van der Waals surface area contributed by atoms with E-state index in [9.17, 15) is 4.79 Å². The number of hydrogen-bond donors (Lipinski definition) is 1. The molecule has 15 heavy (non-hydrogen) atoms. The lowest BCUT2D eigenvalue weighted by Crippen LogP contribution is -2.20. The number of aromatic nitrogens is 2. The van der Waals surface area contributed by atoms with Crippen LogP contribution in [0.2, 0.25) is 0 Å². The number of rotatable bonds is 1. The summed E-state index contributed by atoms with van der Waals surface area (Å²) < 4.78 is 1.49. The van der Waals surface area contributed by atoms with Crippen molar-refractivity contribution in [2.24, 2.45) is 0 Å². The lowest BCUT2D eigenvalue weighted by atomic mass is 10.3. The van der Waals surface area contributed by atoms with Gasteiger partial charge in [-0.1, -0.05) is 6.07 Å². The molecule has 0 atom stereocenters. The summed E-state index contributed by atoms with van der Waals surface area (Å²) in [6.45, 7) is 1.77. The molecule has 2 rings (SSSR count). The van der Waals surface area contributed by atoms with Crippen molar-refractivity contribution >= 4 is 5.69 Å². The normalized spacial score (nSPS) is 10.2. The lowest BCUT2D eigenvalue weighted by molar-refractivity contribution is 0.927. The number of nitrogen functional groups attached to an aromatic ring is 1. The summed E-state index contributed by atoms with van der Waals surface area (Å²) in [4.78, 5) is 15.8. The molecule has 0 aromatic carbocycles. The highest BCUT2D eigenvalue weighted by molar-refractivity contribution is 5.38. The minimum atomic E-state index is -0.0604. The number of hydrogen-bond acceptors (Lipinski definition) is 3. The van der Waals surface area contributed by atoms with E-state index in [2.05, 4.69) is 4.98 Å². The first-order valence-corrected chi connectivity index (χ1v) is 4.58. The van der Waals surface area contributed by atoms with E-state index < -0.39 is 0 Å². The van der Waals surface area contributed by atoms with E-state index in [1.165, 1.54) is 10.8 Å². The molecule has 0 saturated carbocycles. The van der Waals surface area contributed by atoms with Crippen molar-refractivity contribution in [3.63, 3.8) is 0 Å². The van der Waals surface area contributed by atoms with E-state index in [0.717, 1.165) is 0 Å². The monoisotopic (exact) mass is 201 g/mol. The average Bonchev–Trinajstić information content (AvgIpc) is 2.24. The molecule has 2 heterocycles. The molecule has 0 bridgehead atoms. The second-order valence-electron chi connectivity index (χ2n) is 3.32. The standard InChI is InChI=1S/C11H11N3O/c1-8-3-2-6-14(11(8)15)10-5-4-9(12)7-13-10/h2-7H,12H2,1H3. The van der Waals surface area contributed by atoms with E-state index in [0.29, 0.717) is 17.1 Å². The molecule has 2 N–H and O–H groups in total. The van der Waals surface area contributed by atoms with Crippen molar-refractivity contribution in [2.45, 2.75) is 6.92 Å². The minimum Gasteiger partial charge on any atom is -0.397 e. The van der Waals surface area contributed by atoms with Gasteiger partial charge >= 0.3 is 0 Å². The van der Waals surface area contributed by atoms with Crippen LogP contribution in [-0.2, 0) is 0 Å². The Bertz CT molecular complexity index is 528. The van der Waals surface area contributed by atoms with Crippen molar-refractivity contribution in [3.05, 3.63) is 52.6 Å². The Morgan fingerprint density at radius 1 is 1.33 bits per heavy atom. The van der Waals surface area contributed by atoms with Crippen LogP contribution in [0, 0.1) is 6.92 Å². The Kier molecular flexibility index (Phi) is 2.25. The third-order valence-electron chi connectivity index (χ3n) is 2.16. The molecular formula is C11H11N3O. The summed E-state index contributed by atoms with van der Waals surface area (Å²) in [6, 6.07) is 7.03. The average molecular weight is 201 g/mol. The van der Waals surface area contributed by atoms with Gasteiger partial charge in [0, 0.05) is 11.8 Å². The first-order valence-electron chi connectivity index (χ1n) is 4.58. The third kappa shape index (κ3) is 1.74. The van der Waals surface area contributed by atoms with Crippen molar-refractivity contribution < 1.29 is 0 Å². The van der Waals surface area contributed by atoms with E-state index >= 15 is 0 Å². The van der Waals surface area contributed by atoms with E-state index in [1.54, 1.807) is 31.3 Å². The number of anilines is 1. The van der Waals surface area contributed by atoms with E-state index in [1.807, 2.05) is 6.07 Å². The molecule has 0 unspecified atom stereocenters. The minimum absolute atomic E-state index is 0.0604. The van der Waals surface area contributed by atoms with Crippen LogP contribution in [0.4, 0.5) is 5.69 Å². The lowest BCUT2D eigenvalue weighted by Gasteiger charge is -2.04. The van der Waals surface area contributed by atoms with Crippen molar-refractivity contribution in [2.75, 3.05) is 5.73 Å². The third-order valence-corrected chi connectivity index (χ3v) is 2.16. The predicted octanol–water partition coefficient (Wildman–Crippen LogP) is 1.12. The van der Waals surface area contributed by atoms with Crippen LogP contribution in [0.3, 0.4) is 0 Å². The number of nitrogens with zero attached hydrogens (tertiary/aromatic N) is 2. The predicted molar refractivity (Wildman–Crippen MR) is 59.0 cm³/mol. The maximum atomic E-state index is 11.7. The fraction of sp³-hybridized carbons (Fsp3) is 0.0909. The number of pyridine rings is 2. The van der Waals surface area contributed by atoms with Gasteiger partial charge in [-0.25, -0.2) is 4.98 Å². The molecule has 76 valence electrons. The first-order chi connectivity index (χ1) is 7.18. The fourth-order valence-corrected chi connectivity index (χ4v) is 1.32. The van der Waals surface area contributed by atoms with Gasteiger partial charge in [0.05, 0.1) is 11.9 Å². The molecular weight excluding hydrogens is 190 g/mol. The van der Waals surface area contributed by atoms with Crippen molar-refractivity contribution in [1.29, 1.82) is 0 Å². The Balaban J connectivity index is 2.59. The van der Waals surface area contributed by atoms with Gasteiger partial charge in [0.2, 0.25) is 0 Å². The topological polar surface area (TPSA) is 60.9 Å². The van der Waals surface area contributed by atoms with Crippen LogP contribution in [0.25, 0.3) is 5.82 Å². The summed E-state index contributed by atoms with van der Waals surface area (Å²) in [5.74, 6) is 0.581. The number of nitrogens with two attached hydrogens (primary N) is 1. The van der Waals surface area contributed by atoms with Gasteiger partial charge in [-0.15, -0.1) is 0 Å².